The van der Waals surface area contributed by atoms with Gasteiger partial charge in [-0.3, -0.25) is 4.99 Å². The molecule has 0 radical (unpaired) electrons. The van der Waals surface area contributed by atoms with Gasteiger partial charge in [0, 0.05) is 18.8 Å². The summed E-state index contributed by atoms with van der Waals surface area (Å²) < 4.78 is 0. The largest absolute Gasteiger partial charge is 0.370 e. The number of rotatable bonds is 5. The molecular weight excluding hydrogens is 296 g/mol. The lowest BCUT2D eigenvalue weighted by Crippen LogP contribution is -2.35. The summed E-state index contributed by atoms with van der Waals surface area (Å²) in [5, 5.41) is 3.33. The minimum Gasteiger partial charge on any atom is -0.370 e. The van der Waals surface area contributed by atoms with Gasteiger partial charge in [0.05, 0.1) is 0 Å². The van der Waals surface area contributed by atoms with Crippen LogP contribution in [0.25, 0.3) is 0 Å². The van der Waals surface area contributed by atoms with Gasteiger partial charge in [0.2, 0.25) is 0 Å². The molecule has 1 aliphatic heterocycles. The van der Waals surface area contributed by atoms with Crippen molar-refractivity contribution in [2.75, 3.05) is 31.5 Å². The van der Waals surface area contributed by atoms with Crippen molar-refractivity contribution in [2.24, 2.45) is 16.6 Å². The third-order valence-corrected chi connectivity index (χ3v) is 5.31. The Morgan fingerprint density at radius 3 is 3.04 bits per heavy atom. The zero-order chi connectivity index (χ0) is 16.8. The van der Waals surface area contributed by atoms with E-state index >= 15 is 0 Å². The van der Waals surface area contributed by atoms with E-state index < -0.39 is 0 Å². The molecule has 1 atom stereocenters. The predicted octanol–water partition coefficient (Wildman–Crippen LogP) is 3.41. The van der Waals surface area contributed by atoms with E-state index in [2.05, 4.69) is 40.3 Å². The molecule has 1 unspecified atom stereocenters. The number of likely N-dealkylation sites (tertiary alicyclic amines) is 1. The van der Waals surface area contributed by atoms with Crippen molar-refractivity contribution in [3.8, 4) is 0 Å². The fourth-order valence-corrected chi connectivity index (χ4v) is 4.06. The fraction of sp³-hybridized carbons (Fsp3) is 0.650. The fourth-order valence-electron chi connectivity index (χ4n) is 4.06. The molecule has 3 rings (SSSR count). The molecule has 3 N–H and O–H groups in total. The van der Waals surface area contributed by atoms with E-state index in [-0.39, 0.29) is 0 Å². The maximum atomic E-state index is 6.11. The number of guanidine groups is 1. The van der Waals surface area contributed by atoms with Gasteiger partial charge in [-0.2, -0.15) is 0 Å². The number of piperidine rings is 1. The summed E-state index contributed by atoms with van der Waals surface area (Å²) >= 11 is 0. The number of aliphatic imine (C=N–C) groups is 1. The summed E-state index contributed by atoms with van der Waals surface area (Å²) in [5.74, 6) is 1.40. The molecule has 1 heterocycles. The molecule has 2 aliphatic rings. The molecule has 1 aromatic carbocycles. The van der Waals surface area contributed by atoms with Gasteiger partial charge in [0.15, 0.2) is 5.96 Å². The van der Waals surface area contributed by atoms with Crippen LogP contribution in [0.3, 0.4) is 0 Å². The summed E-state index contributed by atoms with van der Waals surface area (Å²) in [7, 11) is 0. The van der Waals surface area contributed by atoms with Crippen LogP contribution in [0.2, 0.25) is 0 Å². The van der Waals surface area contributed by atoms with E-state index in [1.165, 1.54) is 56.3 Å². The highest BCUT2D eigenvalue weighted by Crippen LogP contribution is 2.27. The van der Waals surface area contributed by atoms with Crippen molar-refractivity contribution in [1.29, 1.82) is 0 Å². The Morgan fingerprint density at radius 1 is 1.29 bits per heavy atom. The molecular formula is C20H32N4. The minimum atomic E-state index is 0.556. The average molecular weight is 329 g/mol. The molecule has 1 aliphatic carbocycles. The molecule has 4 heteroatoms. The standard InChI is InChI=1S/C20H32N4/c1-16-7-5-13-24(15-16)14-6-12-22-20(21)23-19-11-4-9-17-8-2-3-10-18(17)19/h4,9,11,16H,2-3,5-8,10,12-15H2,1H3,(H3,21,22,23). The van der Waals surface area contributed by atoms with Gasteiger partial charge in [-0.05, 0) is 81.1 Å². The molecule has 1 saturated heterocycles. The van der Waals surface area contributed by atoms with Gasteiger partial charge in [-0.25, -0.2) is 0 Å². The first-order valence-corrected chi connectivity index (χ1v) is 9.62. The van der Waals surface area contributed by atoms with Crippen molar-refractivity contribution in [2.45, 2.75) is 51.9 Å². The van der Waals surface area contributed by atoms with E-state index in [1.807, 2.05) is 0 Å². The lowest BCUT2D eigenvalue weighted by atomic mass is 9.90. The quantitative estimate of drug-likeness (QED) is 0.495. The number of benzene rings is 1. The van der Waals surface area contributed by atoms with Crippen LogP contribution in [-0.4, -0.2) is 37.0 Å². The third-order valence-electron chi connectivity index (χ3n) is 5.31. The molecule has 1 fully saturated rings. The lowest BCUT2D eigenvalue weighted by Gasteiger charge is -2.30. The third kappa shape index (κ3) is 4.73. The zero-order valence-electron chi connectivity index (χ0n) is 15.1. The van der Waals surface area contributed by atoms with E-state index in [9.17, 15) is 0 Å². The Bertz CT molecular complexity index is 567. The summed E-state index contributed by atoms with van der Waals surface area (Å²) in [5.41, 5.74) is 10.2. The Hall–Kier alpha value is -1.55. The Balaban J connectivity index is 1.46. The lowest BCUT2D eigenvalue weighted by molar-refractivity contribution is 0.183. The first kappa shape index (κ1) is 17.3. The number of nitrogens with one attached hydrogen (secondary N) is 1. The molecule has 24 heavy (non-hydrogen) atoms. The number of hydrogen-bond donors (Lipinski definition) is 2. The number of anilines is 1. The van der Waals surface area contributed by atoms with E-state index in [1.54, 1.807) is 0 Å². The van der Waals surface area contributed by atoms with E-state index in [4.69, 9.17) is 5.73 Å². The molecule has 132 valence electrons. The van der Waals surface area contributed by atoms with Crippen molar-refractivity contribution in [3.05, 3.63) is 29.3 Å². The van der Waals surface area contributed by atoms with Crippen molar-refractivity contribution in [1.82, 2.24) is 4.90 Å². The second-order valence-electron chi connectivity index (χ2n) is 7.44. The highest BCUT2D eigenvalue weighted by molar-refractivity contribution is 5.93. The molecule has 0 bridgehead atoms. The summed E-state index contributed by atoms with van der Waals surface area (Å²) in [6.07, 6.45) is 8.73. The summed E-state index contributed by atoms with van der Waals surface area (Å²) in [4.78, 5) is 7.10. The average Bonchev–Trinajstić information content (AvgIpc) is 2.59. The Kier molecular flexibility index (Phi) is 6.13. The van der Waals surface area contributed by atoms with Gasteiger partial charge < -0.3 is 16.0 Å². The maximum Gasteiger partial charge on any atom is 0.193 e. The van der Waals surface area contributed by atoms with Crippen LogP contribution in [0.15, 0.2) is 23.2 Å². The number of hydrogen-bond acceptors (Lipinski definition) is 2. The number of aryl methyl sites for hydroxylation is 1. The van der Waals surface area contributed by atoms with Crippen LogP contribution in [0.1, 0.15) is 50.2 Å². The molecule has 1 aromatic rings. The minimum absolute atomic E-state index is 0.556. The van der Waals surface area contributed by atoms with Gasteiger partial charge in [0.1, 0.15) is 0 Å². The summed E-state index contributed by atoms with van der Waals surface area (Å²) in [6, 6.07) is 6.49. The summed E-state index contributed by atoms with van der Waals surface area (Å²) in [6.45, 7) is 6.79. The Labute approximate surface area is 146 Å². The van der Waals surface area contributed by atoms with Crippen LogP contribution in [-0.2, 0) is 12.8 Å². The van der Waals surface area contributed by atoms with Gasteiger partial charge in [-0.15, -0.1) is 0 Å². The normalized spacial score (nSPS) is 22.2. The topological polar surface area (TPSA) is 53.6 Å². The first-order chi connectivity index (χ1) is 11.7. The van der Waals surface area contributed by atoms with Gasteiger partial charge >= 0.3 is 0 Å². The van der Waals surface area contributed by atoms with E-state index in [0.717, 1.165) is 37.5 Å². The highest BCUT2D eigenvalue weighted by atomic mass is 15.1. The molecule has 0 amide bonds. The second-order valence-corrected chi connectivity index (χ2v) is 7.44. The molecule has 4 nitrogen and oxygen atoms in total. The van der Waals surface area contributed by atoms with Crippen LogP contribution >= 0.6 is 0 Å². The number of fused-ring (bicyclic) bond motifs is 1. The van der Waals surface area contributed by atoms with Crippen LogP contribution in [0.5, 0.6) is 0 Å². The van der Waals surface area contributed by atoms with Crippen LogP contribution < -0.4 is 11.1 Å². The first-order valence-electron chi connectivity index (χ1n) is 9.62. The number of nitrogens with two attached hydrogens (primary N) is 1. The molecule has 0 aromatic heterocycles. The smallest absolute Gasteiger partial charge is 0.193 e. The highest BCUT2D eigenvalue weighted by Gasteiger charge is 2.15. The number of nitrogens with zero attached hydrogens (tertiary/aromatic N) is 2. The SMILES string of the molecule is CC1CCCN(CCCN=C(N)Nc2cccc3c2CCCC3)C1. The predicted molar refractivity (Wildman–Crippen MR) is 103 cm³/mol. The van der Waals surface area contributed by atoms with Crippen molar-refractivity contribution in [3.63, 3.8) is 0 Å². The van der Waals surface area contributed by atoms with Gasteiger partial charge in [0.25, 0.3) is 0 Å². The molecule has 0 saturated carbocycles. The van der Waals surface area contributed by atoms with Crippen LogP contribution in [0.4, 0.5) is 5.69 Å². The second kappa shape index (κ2) is 8.52. The monoisotopic (exact) mass is 328 g/mol. The zero-order valence-corrected chi connectivity index (χ0v) is 15.1. The van der Waals surface area contributed by atoms with Crippen molar-refractivity contribution >= 4 is 11.6 Å². The molecule has 0 spiro atoms. The van der Waals surface area contributed by atoms with Crippen LogP contribution in [0, 0.1) is 5.92 Å². The maximum absolute atomic E-state index is 6.11. The van der Waals surface area contributed by atoms with Gasteiger partial charge in [-0.1, -0.05) is 19.1 Å². The van der Waals surface area contributed by atoms with Crippen molar-refractivity contribution < 1.29 is 0 Å². The van der Waals surface area contributed by atoms with E-state index in [0.29, 0.717) is 5.96 Å². The Morgan fingerprint density at radius 2 is 2.17 bits per heavy atom.